The van der Waals surface area contributed by atoms with Gasteiger partial charge in [-0.1, -0.05) is 30.3 Å². The van der Waals surface area contributed by atoms with Gasteiger partial charge in [0.25, 0.3) is 0 Å². The molecule has 0 spiro atoms. The molecule has 0 aliphatic heterocycles. The van der Waals surface area contributed by atoms with E-state index >= 15 is 0 Å². The van der Waals surface area contributed by atoms with E-state index in [1.54, 1.807) is 24.5 Å². The number of aromatic nitrogens is 5. The van der Waals surface area contributed by atoms with Crippen LogP contribution in [0.25, 0.3) is 28.4 Å². The van der Waals surface area contributed by atoms with E-state index in [0.29, 0.717) is 22.9 Å². The molecule has 116 valence electrons. The average molecular weight is 317 g/mol. The Morgan fingerprint density at radius 2 is 1.75 bits per heavy atom. The first kappa shape index (κ1) is 14.0. The standard InChI is InChI=1S/C17H11N5O2/c23-17(24)13-10-15-20-12(11-5-2-1-3-6-11)9-14(22(15)21-13)16-18-7-4-8-19-16/h1-10H,(H,23,24). The summed E-state index contributed by atoms with van der Waals surface area (Å²) in [6.45, 7) is 0. The van der Waals surface area contributed by atoms with E-state index in [9.17, 15) is 9.90 Å². The first-order chi connectivity index (χ1) is 11.7. The summed E-state index contributed by atoms with van der Waals surface area (Å²) in [5.74, 6) is -0.663. The minimum Gasteiger partial charge on any atom is -0.476 e. The van der Waals surface area contributed by atoms with E-state index in [0.717, 1.165) is 5.56 Å². The van der Waals surface area contributed by atoms with Gasteiger partial charge in [-0.15, -0.1) is 0 Å². The molecule has 0 saturated heterocycles. The van der Waals surface area contributed by atoms with Crippen molar-refractivity contribution in [2.24, 2.45) is 0 Å². The van der Waals surface area contributed by atoms with Crippen LogP contribution in [0.4, 0.5) is 0 Å². The quantitative estimate of drug-likeness (QED) is 0.624. The van der Waals surface area contributed by atoms with Gasteiger partial charge in [0.15, 0.2) is 17.2 Å². The molecule has 1 aromatic carbocycles. The summed E-state index contributed by atoms with van der Waals surface area (Å²) in [6.07, 6.45) is 3.25. The molecule has 0 bridgehead atoms. The number of carboxylic acid groups (broad SMARTS) is 1. The van der Waals surface area contributed by atoms with Gasteiger partial charge in [0.05, 0.1) is 5.69 Å². The number of rotatable bonds is 3. The molecule has 3 aromatic heterocycles. The molecule has 0 atom stereocenters. The van der Waals surface area contributed by atoms with Crippen LogP contribution in [0.1, 0.15) is 10.5 Å². The fraction of sp³-hybridized carbons (Fsp3) is 0. The van der Waals surface area contributed by atoms with E-state index in [4.69, 9.17) is 0 Å². The van der Waals surface area contributed by atoms with Crippen LogP contribution in [0.5, 0.6) is 0 Å². The third-order valence-corrected chi connectivity index (χ3v) is 3.51. The number of hydrogen-bond acceptors (Lipinski definition) is 5. The molecule has 4 rings (SSSR count). The highest BCUT2D eigenvalue weighted by molar-refractivity contribution is 5.87. The molecule has 0 unspecified atom stereocenters. The van der Waals surface area contributed by atoms with Gasteiger partial charge in [0.1, 0.15) is 5.69 Å². The molecule has 7 nitrogen and oxygen atoms in total. The van der Waals surface area contributed by atoms with Gasteiger partial charge in [0, 0.05) is 24.0 Å². The first-order valence-corrected chi connectivity index (χ1v) is 7.19. The fourth-order valence-corrected chi connectivity index (χ4v) is 2.43. The molecule has 0 aliphatic carbocycles. The normalized spacial score (nSPS) is 10.8. The summed E-state index contributed by atoms with van der Waals surface area (Å²) in [6, 6.07) is 14.6. The lowest BCUT2D eigenvalue weighted by Crippen LogP contribution is -2.02. The van der Waals surface area contributed by atoms with Crippen molar-refractivity contribution in [3.63, 3.8) is 0 Å². The van der Waals surface area contributed by atoms with Crippen LogP contribution < -0.4 is 0 Å². The SMILES string of the molecule is O=C(O)c1cc2nc(-c3ccccc3)cc(-c3ncccn3)n2n1. The van der Waals surface area contributed by atoms with Crippen molar-refractivity contribution in [1.82, 2.24) is 24.6 Å². The predicted octanol–water partition coefficient (Wildman–Crippen LogP) is 2.55. The van der Waals surface area contributed by atoms with Gasteiger partial charge < -0.3 is 5.11 Å². The van der Waals surface area contributed by atoms with Gasteiger partial charge in [-0.3, -0.25) is 0 Å². The minimum atomic E-state index is -1.11. The number of fused-ring (bicyclic) bond motifs is 1. The molecule has 0 radical (unpaired) electrons. The Bertz CT molecular complexity index is 1030. The Labute approximate surface area is 136 Å². The van der Waals surface area contributed by atoms with Crippen LogP contribution in [-0.4, -0.2) is 35.6 Å². The minimum absolute atomic E-state index is 0.0788. The monoisotopic (exact) mass is 317 g/mol. The Morgan fingerprint density at radius 3 is 2.46 bits per heavy atom. The molecule has 0 aliphatic rings. The smallest absolute Gasteiger partial charge is 0.356 e. The Balaban J connectivity index is 2.02. The first-order valence-electron chi connectivity index (χ1n) is 7.19. The van der Waals surface area contributed by atoms with E-state index in [1.807, 2.05) is 30.3 Å². The van der Waals surface area contributed by atoms with Crippen LogP contribution >= 0.6 is 0 Å². The molecule has 4 aromatic rings. The highest BCUT2D eigenvalue weighted by Crippen LogP contribution is 2.24. The Morgan fingerprint density at radius 1 is 1.00 bits per heavy atom. The maximum absolute atomic E-state index is 11.2. The van der Waals surface area contributed by atoms with E-state index in [1.165, 1.54) is 10.6 Å². The van der Waals surface area contributed by atoms with Crippen molar-refractivity contribution in [2.75, 3.05) is 0 Å². The largest absolute Gasteiger partial charge is 0.476 e. The summed E-state index contributed by atoms with van der Waals surface area (Å²) >= 11 is 0. The third-order valence-electron chi connectivity index (χ3n) is 3.51. The van der Waals surface area contributed by atoms with E-state index in [2.05, 4.69) is 20.1 Å². The maximum atomic E-state index is 11.2. The number of benzene rings is 1. The maximum Gasteiger partial charge on any atom is 0.356 e. The van der Waals surface area contributed by atoms with Gasteiger partial charge in [0.2, 0.25) is 0 Å². The second-order valence-electron chi connectivity index (χ2n) is 5.07. The van der Waals surface area contributed by atoms with Crippen molar-refractivity contribution in [3.8, 4) is 22.8 Å². The van der Waals surface area contributed by atoms with Crippen LogP contribution in [-0.2, 0) is 0 Å². The molecule has 0 fully saturated rings. The van der Waals surface area contributed by atoms with Crippen molar-refractivity contribution in [2.45, 2.75) is 0 Å². The van der Waals surface area contributed by atoms with Crippen molar-refractivity contribution in [3.05, 3.63) is 66.6 Å². The third kappa shape index (κ3) is 2.38. The fourth-order valence-electron chi connectivity index (χ4n) is 2.43. The lowest BCUT2D eigenvalue weighted by molar-refractivity contribution is 0.0690. The number of carbonyl (C=O) groups is 1. The van der Waals surface area contributed by atoms with E-state index < -0.39 is 5.97 Å². The predicted molar refractivity (Wildman–Crippen MR) is 86.4 cm³/mol. The molecule has 1 N–H and O–H groups in total. The van der Waals surface area contributed by atoms with Gasteiger partial charge in [-0.2, -0.15) is 5.10 Å². The van der Waals surface area contributed by atoms with Crippen molar-refractivity contribution < 1.29 is 9.90 Å². The number of nitrogens with zero attached hydrogens (tertiary/aromatic N) is 5. The summed E-state index contributed by atoms with van der Waals surface area (Å²) < 4.78 is 1.45. The molecule has 7 heteroatoms. The zero-order valence-electron chi connectivity index (χ0n) is 12.4. The zero-order valence-corrected chi connectivity index (χ0v) is 12.4. The van der Waals surface area contributed by atoms with Crippen molar-refractivity contribution in [1.29, 1.82) is 0 Å². The Hall–Kier alpha value is -3.61. The molecule has 3 heterocycles. The molecule has 0 amide bonds. The number of carboxylic acids is 1. The summed E-state index contributed by atoms with van der Waals surface area (Å²) in [7, 11) is 0. The van der Waals surface area contributed by atoms with Gasteiger partial charge in [-0.25, -0.2) is 24.3 Å². The average Bonchev–Trinajstić information content (AvgIpc) is 3.07. The van der Waals surface area contributed by atoms with Crippen LogP contribution in [0.2, 0.25) is 0 Å². The van der Waals surface area contributed by atoms with Crippen LogP contribution in [0.15, 0.2) is 60.9 Å². The van der Waals surface area contributed by atoms with Gasteiger partial charge in [-0.05, 0) is 12.1 Å². The van der Waals surface area contributed by atoms with Crippen molar-refractivity contribution >= 4 is 11.6 Å². The van der Waals surface area contributed by atoms with Crippen LogP contribution in [0.3, 0.4) is 0 Å². The highest BCUT2D eigenvalue weighted by atomic mass is 16.4. The molecule has 24 heavy (non-hydrogen) atoms. The lowest BCUT2D eigenvalue weighted by Gasteiger charge is -2.07. The van der Waals surface area contributed by atoms with Gasteiger partial charge >= 0.3 is 5.97 Å². The van der Waals surface area contributed by atoms with Crippen LogP contribution in [0, 0.1) is 0 Å². The number of aromatic carboxylic acids is 1. The highest BCUT2D eigenvalue weighted by Gasteiger charge is 2.16. The topological polar surface area (TPSA) is 93.3 Å². The summed E-state index contributed by atoms with van der Waals surface area (Å²) in [5.41, 5.74) is 2.53. The lowest BCUT2D eigenvalue weighted by atomic mass is 10.1. The summed E-state index contributed by atoms with van der Waals surface area (Å²) in [4.78, 5) is 24.2. The molecular weight excluding hydrogens is 306 g/mol. The molecule has 0 saturated carbocycles. The summed E-state index contributed by atoms with van der Waals surface area (Å²) in [5, 5.41) is 13.3. The Kier molecular flexibility index (Phi) is 3.24. The second kappa shape index (κ2) is 5.54. The molecular formula is C17H11N5O2. The second-order valence-corrected chi connectivity index (χ2v) is 5.07. The number of hydrogen-bond donors (Lipinski definition) is 1. The van der Waals surface area contributed by atoms with E-state index in [-0.39, 0.29) is 5.69 Å². The zero-order chi connectivity index (χ0) is 16.5.